The molecule has 0 saturated heterocycles. The van der Waals surface area contributed by atoms with Crippen molar-refractivity contribution in [1.29, 1.82) is 0 Å². The van der Waals surface area contributed by atoms with Crippen LogP contribution in [0.25, 0.3) is 0 Å². The first-order chi connectivity index (χ1) is 7.09. The van der Waals surface area contributed by atoms with Gasteiger partial charge < -0.3 is 10.8 Å². The first kappa shape index (κ1) is 11.9. The van der Waals surface area contributed by atoms with Crippen LogP contribution in [0.4, 0.5) is 4.39 Å². The van der Waals surface area contributed by atoms with Crippen molar-refractivity contribution in [2.45, 2.75) is 11.8 Å². The van der Waals surface area contributed by atoms with Crippen molar-refractivity contribution in [3.63, 3.8) is 0 Å². The van der Waals surface area contributed by atoms with Crippen LogP contribution in [-0.2, 0) is 10.5 Å². The van der Waals surface area contributed by atoms with E-state index in [0.29, 0.717) is 11.5 Å². The van der Waals surface area contributed by atoms with Gasteiger partial charge in [0.05, 0.1) is 6.20 Å². The van der Waals surface area contributed by atoms with Crippen LogP contribution in [0.3, 0.4) is 0 Å². The van der Waals surface area contributed by atoms with Gasteiger partial charge in [-0.05, 0) is 11.6 Å². The minimum Gasteiger partial charge on any atom is -0.480 e. The summed E-state index contributed by atoms with van der Waals surface area (Å²) in [5, 5.41) is 8.51. The number of carbonyl (C=O) groups is 1. The van der Waals surface area contributed by atoms with E-state index in [1.807, 2.05) is 0 Å². The van der Waals surface area contributed by atoms with Gasteiger partial charge in [0, 0.05) is 17.7 Å². The zero-order valence-corrected chi connectivity index (χ0v) is 8.71. The number of nitrogens with zero attached hydrogens (tertiary/aromatic N) is 1. The Labute approximate surface area is 90.7 Å². The van der Waals surface area contributed by atoms with Gasteiger partial charge in [0.15, 0.2) is 0 Å². The third-order valence-electron chi connectivity index (χ3n) is 1.64. The molecule has 1 aromatic rings. The average molecular weight is 230 g/mol. The van der Waals surface area contributed by atoms with E-state index in [9.17, 15) is 9.18 Å². The highest BCUT2D eigenvalue weighted by Crippen LogP contribution is 2.12. The van der Waals surface area contributed by atoms with E-state index in [-0.39, 0.29) is 0 Å². The van der Waals surface area contributed by atoms with Crippen molar-refractivity contribution in [1.82, 2.24) is 4.98 Å². The molecule has 0 bridgehead atoms. The molecular formula is C9H11FN2O2S. The van der Waals surface area contributed by atoms with Crippen LogP contribution < -0.4 is 5.73 Å². The van der Waals surface area contributed by atoms with Crippen LogP contribution >= 0.6 is 11.8 Å². The molecule has 0 aliphatic carbocycles. The molecule has 6 heteroatoms. The lowest BCUT2D eigenvalue weighted by Gasteiger charge is -2.05. The maximum absolute atomic E-state index is 12.7. The number of hydrogen-bond donors (Lipinski definition) is 2. The Morgan fingerprint density at radius 1 is 1.67 bits per heavy atom. The monoisotopic (exact) mass is 230 g/mol. The maximum Gasteiger partial charge on any atom is 0.321 e. The summed E-state index contributed by atoms with van der Waals surface area (Å²) in [6.45, 7) is 0. The molecule has 82 valence electrons. The van der Waals surface area contributed by atoms with Gasteiger partial charge >= 0.3 is 5.97 Å². The molecule has 0 aliphatic rings. The fraction of sp³-hybridized carbons (Fsp3) is 0.333. The Bertz CT molecular complexity index is 349. The fourth-order valence-corrected chi connectivity index (χ4v) is 1.82. The quantitative estimate of drug-likeness (QED) is 0.784. The lowest BCUT2D eigenvalue weighted by atomic mass is 10.3. The minimum atomic E-state index is -1.03. The van der Waals surface area contributed by atoms with Crippen LogP contribution in [0.1, 0.15) is 5.56 Å². The highest BCUT2D eigenvalue weighted by Gasteiger charge is 2.10. The smallest absolute Gasteiger partial charge is 0.321 e. The first-order valence-electron chi connectivity index (χ1n) is 4.25. The van der Waals surface area contributed by atoms with Crippen LogP contribution in [0.15, 0.2) is 18.5 Å². The molecule has 0 saturated carbocycles. The first-order valence-corrected chi connectivity index (χ1v) is 5.40. The van der Waals surface area contributed by atoms with Crippen LogP contribution in [0.2, 0.25) is 0 Å². The van der Waals surface area contributed by atoms with Gasteiger partial charge in [-0.15, -0.1) is 0 Å². The van der Waals surface area contributed by atoms with Gasteiger partial charge in [0.25, 0.3) is 0 Å². The van der Waals surface area contributed by atoms with Gasteiger partial charge in [-0.1, -0.05) is 0 Å². The summed E-state index contributed by atoms with van der Waals surface area (Å²) in [6, 6.07) is 0.489. The Hall–Kier alpha value is -1.14. The SMILES string of the molecule is NC(CSCc1cncc(F)c1)C(=O)O. The Balaban J connectivity index is 2.35. The number of carboxylic acids is 1. The summed E-state index contributed by atoms with van der Waals surface area (Å²) in [6.07, 6.45) is 2.67. The summed E-state index contributed by atoms with van der Waals surface area (Å²) in [5.41, 5.74) is 6.02. The molecule has 1 aromatic heterocycles. The largest absolute Gasteiger partial charge is 0.480 e. The molecule has 0 aromatic carbocycles. The third-order valence-corrected chi connectivity index (χ3v) is 2.78. The number of carboxylic acid groups (broad SMARTS) is 1. The highest BCUT2D eigenvalue weighted by atomic mass is 32.2. The van der Waals surface area contributed by atoms with E-state index >= 15 is 0 Å². The van der Waals surface area contributed by atoms with E-state index < -0.39 is 17.8 Å². The predicted octanol–water partition coefficient (Wildman–Crippen LogP) is 0.866. The van der Waals surface area contributed by atoms with Gasteiger partial charge in [-0.2, -0.15) is 11.8 Å². The summed E-state index contributed by atoms with van der Waals surface area (Å²) in [5.74, 6) is -0.618. The van der Waals surface area contributed by atoms with E-state index in [4.69, 9.17) is 10.8 Å². The molecule has 1 rings (SSSR count). The minimum absolute atomic E-state index is 0.297. The van der Waals surface area contributed by atoms with Gasteiger partial charge in [0.2, 0.25) is 0 Å². The molecule has 1 atom stereocenters. The number of hydrogen-bond acceptors (Lipinski definition) is 4. The molecule has 4 nitrogen and oxygen atoms in total. The molecular weight excluding hydrogens is 219 g/mol. The maximum atomic E-state index is 12.7. The van der Waals surface area contributed by atoms with Gasteiger partial charge in [0.1, 0.15) is 11.9 Å². The van der Waals surface area contributed by atoms with Gasteiger partial charge in [-0.3, -0.25) is 9.78 Å². The van der Waals surface area contributed by atoms with E-state index in [0.717, 1.165) is 11.8 Å². The molecule has 3 N–H and O–H groups in total. The molecule has 0 spiro atoms. The third kappa shape index (κ3) is 4.26. The van der Waals surface area contributed by atoms with E-state index in [2.05, 4.69) is 4.98 Å². The second kappa shape index (κ2) is 5.67. The molecule has 0 radical (unpaired) electrons. The van der Waals surface area contributed by atoms with Crippen molar-refractivity contribution < 1.29 is 14.3 Å². The normalized spacial score (nSPS) is 12.4. The van der Waals surface area contributed by atoms with E-state index in [1.165, 1.54) is 17.8 Å². The lowest BCUT2D eigenvalue weighted by Crippen LogP contribution is -2.32. The number of aromatic nitrogens is 1. The molecule has 1 heterocycles. The zero-order chi connectivity index (χ0) is 11.3. The average Bonchev–Trinajstić information content (AvgIpc) is 2.17. The summed E-state index contributed by atoms with van der Waals surface area (Å²) >= 11 is 1.34. The number of aliphatic carboxylic acids is 1. The van der Waals surface area contributed by atoms with Crippen molar-refractivity contribution >= 4 is 17.7 Å². The Kier molecular flexibility index (Phi) is 4.51. The molecule has 1 unspecified atom stereocenters. The molecule has 0 fully saturated rings. The summed E-state index contributed by atoms with van der Waals surface area (Å²) in [4.78, 5) is 14.1. The number of thioether (sulfide) groups is 1. The molecule has 15 heavy (non-hydrogen) atoms. The lowest BCUT2D eigenvalue weighted by molar-refractivity contribution is -0.137. The second-order valence-electron chi connectivity index (χ2n) is 2.97. The second-order valence-corrected chi connectivity index (χ2v) is 4.00. The number of halogens is 1. The summed E-state index contributed by atoms with van der Waals surface area (Å²) in [7, 11) is 0. The Morgan fingerprint density at radius 3 is 3.00 bits per heavy atom. The Morgan fingerprint density at radius 2 is 2.40 bits per heavy atom. The van der Waals surface area contributed by atoms with Crippen molar-refractivity contribution in [3.05, 3.63) is 29.8 Å². The zero-order valence-electron chi connectivity index (χ0n) is 7.89. The number of nitrogens with two attached hydrogens (primary N) is 1. The molecule has 0 aliphatic heterocycles. The fourth-order valence-electron chi connectivity index (χ4n) is 0.910. The van der Waals surface area contributed by atoms with Crippen molar-refractivity contribution in [3.8, 4) is 0 Å². The summed E-state index contributed by atoms with van der Waals surface area (Å²) < 4.78 is 12.7. The number of rotatable bonds is 5. The van der Waals surface area contributed by atoms with E-state index in [1.54, 1.807) is 6.20 Å². The highest BCUT2D eigenvalue weighted by molar-refractivity contribution is 7.98. The van der Waals surface area contributed by atoms with Gasteiger partial charge in [-0.25, -0.2) is 4.39 Å². The van der Waals surface area contributed by atoms with Crippen molar-refractivity contribution in [2.75, 3.05) is 5.75 Å². The molecule has 0 amide bonds. The standard InChI is InChI=1S/C9H11FN2O2S/c10-7-1-6(2-12-3-7)4-15-5-8(11)9(13)14/h1-3,8H,4-5,11H2,(H,13,14). The van der Waals surface area contributed by atoms with Crippen LogP contribution in [0.5, 0.6) is 0 Å². The topological polar surface area (TPSA) is 76.2 Å². The van der Waals surface area contributed by atoms with Crippen LogP contribution in [0, 0.1) is 5.82 Å². The van der Waals surface area contributed by atoms with Crippen LogP contribution in [-0.4, -0.2) is 27.9 Å². The van der Waals surface area contributed by atoms with Crippen molar-refractivity contribution in [2.24, 2.45) is 5.73 Å². The predicted molar refractivity (Wildman–Crippen MR) is 56.0 cm³/mol. The number of pyridine rings is 1.